The number of hydrogen-bond donors (Lipinski definition) is 0. The fourth-order valence-electron chi connectivity index (χ4n) is 3.53. The first-order valence-corrected chi connectivity index (χ1v) is 9.48. The molecule has 1 aliphatic rings. The summed E-state index contributed by atoms with van der Waals surface area (Å²) in [7, 11) is 0. The number of halogens is 3. The number of benzene rings is 2. The van der Waals surface area contributed by atoms with E-state index in [1.54, 1.807) is 0 Å². The second-order valence-electron chi connectivity index (χ2n) is 7.07. The molecule has 0 radical (unpaired) electrons. The fourth-order valence-corrected chi connectivity index (χ4v) is 3.53. The second-order valence-corrected chi connectivity index (χ2v) is 7.07. The lowest BCUT2D eigenvalue weighted by Crippen LogP contribution is -2.25. The molecular formula is C23H18F3N3O. The number of alkyl halides is 3. The summed E-state index contributed by atoms with van der Waals surface area (Å²) in [5.74, 6) is 0.161. The molecule has 1 atom stereocenters. The summed E-state index contributed by atoms with van der Waals surface area (Å²) in [6.07, 6.45) is -3.18. The van der Waals surface area contributed by atoms with Crippen LogP contribution in [0.3, 0.4) is 0 Å². The molecule has 0 spiro atoms. The van der Waals surface area contributed by atoms with Crippen molar-refractivity contribution in [1.82, 2.24) is 4.98 Å². The van der Waals surface area contributed by atoms with Crippen LogP contribution in [0, 0.1) is 11.3 Å². The monoisotopic (exact) mass is 409 g/mol. The molecule has 0 saturated carbocycles. The molecule has 0 bridgehead atoms. The van der Waals surface area contributed by atoms with Crippen LogP contribution in [0.15, 0.2) is 66.9 Å². The van der Waals surface area contributed by atoms with Crippen LogP contribution in [0.1, 0.15) is 17.5 Å². The number of nitriles is 1. The maximum Gasteiger partial charge on any atom is 0.417 e. The van der Waals surface area contributed by atoms with Crippen molar-refractivity contribution in [1.29, 1.82) is 5.26 Å². The van der Waals surface area contributed by atoms with Gasteiger partial charge in [0.15, 0.2) is 0 Å². The number of aromatic nitrogens is 1. The van der Waals surface area contributed by atoms with Gasteiger partial charge in [-0.2, -0.15) is 18.4 Å². The van der Waals surface area contributed by atoms with Crippen molar-refractivity contribution < 1.29 is 17.9 Å². The predicted molar refractivity (Wildman–Crippen MR) is 107 cm³/mol. The van der Waals surface area contributed by atoms with Gasteiger partial charge in [-0.05, 0) is 29.3 Å². The largest absolute Gasteiger partial charge is 0.472 e. The zero-order chi connectivity index (χ0) is 21.1. The fraction of sp³-hybridized carbons (Fsp3) is 0.217. The quantitative estimate of drug-likeness (QED) is 0.587. The molecule has 4 nitrogen and oxygen atoms in total. The van der Waals surface area contributed by atoms with Gasteiger partial charge in [-0.1, -0.05) is 36.4 Å². The van der Waals surface area contributed by atoms with Gasteiger partial charge >= 0.3 is 6.18 Å². The molecule has 3 aromatic rings. The van der Waals surface area contributed by atoms with Gasteiger partial charge in [-0.3, -0.25) is 0 Å². The van der Waals surface area contributed by atoms with E-state index in [1.165, 1.54) is 6.07 Å². The van der Waals surface area contributed by atoms with E-state index >= 15 is 0 Å². The minimum absolute atomic E-state index is 0.161. The van der Waals surface area contributed by atoms with Crippen molar-refractivity contribution in [3.63, 3.8) is 0 Å². The number of ether oxygens (including phenoxy) is 1. The second kappa shape index (κ2) is 8.07. The summed E-state index contributed by atoms with van der Waals surface area (Å²) in [6.45, 7) is 1.20. The average Bonchev–Trinajstić information content (AvgIpc) is 3.22. The van der Waals surface area contributed by atoms with Crippen LogP contribution in [0.5, 0.6) is 5.88 Å². The molecule has 1 fully saturated rings. The molecule has 2 heterocycles. The van der Waals surface area contributed by atoms with Gasteiger partial charge in [-0.25, -0.2) is 4.98 Å². The highest BCUT2D eigenvalue weighted by Crippen LogP contribution is 2.32. The molecule has 1 saturated heterocycles. The van der Waals surface area contributed by atoms with Crippen molar-refractivity contribution in [2.45, 2.75) is 18.7 Å². The maximum atomic E-state index is 12.7. The van der Waals surface area contributed by atoms with Crippen molar-refractivity contribution in [2.24, 2.45) is 0 Å². The summed E-state index contributed by atoms with van der Waals surface area (Å²) in [4.78, 5) is 5.85. The van der Waals surface area contributed by atoms with Crippen molar-refractivity contribution in [3.05, 3.63) is 78.0 Å². The Bertz CT molecular complexity index is 1060. The number of nitrogens with zero attached hydrogens (tertiary/aromatic N) is 3. The van der Waals surface area contributed by atoms with E-state index in [1.807, 2.05) is 48.5 Å². The van der Waals surface area contributed by atoms with E-state index in [-0.39, 0.29) is 12.0 Å². The molecule has 1 unspecified atom stereocenters. The lowest BCUT2D eigenvalue weighted by Gasteiger charge is -2.21. The van der Waals surface area contributed by atoms with Gasteiger partial charge < -0.3 is 9.64 Å². The minimum atomic E-state index is -4.42. The maximum absolute atomic E-state index is 12.7. The van der Waals surface area contributed by atoms with Gasteiger partial charge in [-0.15, -0.1) is 0 Å². The van der Waals surface area contributed by atoms with Gasteiger partial charge in [0.05, 0.1) is 23.4 Å². The van der Waals surface area contributed by atoms with Gasteiger partial charge in [0, 0.05) is 25.2 Å². The van der Waals surface area contributed by atoms with Crippen LogP contribution in [-0.4, -0.2) is 24.2 Å². The minimum Gasteiger partial charge on any atom is -0.472 e. The van der Waals surface area contributed by atoms with Crippen LogP contribution in [0.2, 0.25) is 0 Å². The molecule has 0 N–H and O–H groups in total. The van der Waals surface area contributed by atoms with E-state index < -0.39 is 11.7 Å². The smallest absolute Gasteiger partial charge is 0.417 e. The first kappa shape index (κ1) is 19.8. The van der Waals surface area contributed by atoms with Gasteiger partial charge in [0.25, 0.3) is 0 Å². The van der Waals surface area contributed by atoms with E-state index in [2.05, 4.69) is 16.0 Å². The number of hydrogen-bond acceptors (Lipinski definition) is 4. The highest BCUT2D eigenvalue weighted by atomic mass is 19.4. The zero-order valence-corrected chi connectivity index (χ0v) is 15.9. The van der Waals surface area contributed by atoms with Crippen molar-refractivity contribution in [2.75, 3.05) is 18.0 Å². The molecular weight excluding hydrogens is 391 g/mol. The third kappa shape index (κ3) is 4.23. The molecule has 152 valence electrons. The molecule has 4 rings (SSSR count). The number of anilines is 1. The predicted octanol–water partition coefficient (Wildman–Crippen LogP) is 5.30. The molecule has 7 heteroatoms. The third-order valence-electron chi connectivity index (χ3n) is 5.06. The normalized spacial score (nSPS) is 16.3. The lowest BCUT2D eigenvalue weighted by atomic mass is 10.0. The van der Waals surface area contributed by atoms with Crippen LogP contribution < -0.4 is 9.64 Å². The van der Waals surface area contributed by atoms with E-state index in [0.29, 0.717) is 25.1 Å². The van der Waals surface area contributed by atoms with Crippen molar-refractivity contribution in [3.8, 4) is 23.1 Å². The Morgan fingerprint density at radius 2 is 1.83 bits per heavy atom. The van der Waals surface area contributed by atoms with E-state index in [9.17, 15) is 18.4 Å². The Morgan fingerprint density at radius 3 is 2.50 bits per heavy atom. The van der Waals surface area contributed by atoms with Crippen LogP contribution >= 0.6 is 0 Å². The standard InChI is InChI=1S/C23H18F3N3O/c24-23(25,26)19-8-9-22(28-14-19)30-20-10-11-29(15-20)21-12-17(6-7-18(21)13-27)16-4-2-1-3-5-16/h1-9,12,14,20H,10-11,15H2. The van der Waals surface area contributed by atoms with Gasteiger partial charge in [0.2, 0.25) is 5.88 Å². The van der Waals surface area contributed by atoms with Gasteiger partial charge in [0.1, 0.15) is 12.2 Å². The Kier molecular flexibility index (Phi) is 5.32. The first-order valence-electron chi connectivity index (χ1n) is 9.48. The highest BCUT2D eigenvalue weighted by Gasteiger charge is 2.31. The Hall–Kier alpha value is -3.53. The van der Waals surface area contributed by atoms with E-state index in [0.717, 1.165) is 29.1 Å². The number of rotatable bonds is 4. The summed E-state index contributed by atoms with van der Waals surface area (Å²) in [5, 5.41) is 9.52. The highest BCUT2D eigenvalue weighted by molar-refractivity contribution is 5.72. The topological polar surface area (TPSA) is 49.2 Å². The summed E-state index contributed by atoms with van der Waals surface area (Å²) >= 11 is 0. The zero-order valence-electron chi connectivity index (χ0n) is 15.9. The van der Waals surface area contributed by atoms with Crippen LogP contribution in [0.25, 0.3) is 11.1 Å². The molecule has 2 aromatic carbocycles. The lowest BCUT2D eigenvalue weighted by molar-refractivity contribution is -0.137. The summed E-state index contributed by atoms with van der Waals surface area (Å²) in [6, 6.07) is 20.1. The molecule has 0 aliphatic carbocycles. The Labute approximate surface area is 172 Å². The Morgan fingerprint density at radius 1 is 1.03 bits per heavy atom. The summed E-state index contributed by atoms with van der Waals surface area (Å²) in [5.41, 5.74) is 2.66. The SMILES string of the molecule is N#Cc1ccc(-c2ccccc2)cc1N1CCC(Oc2ccc(C(F)(F)F)cn2)C1. The molecule has 1 aromatic heterocycles. The van der Waals surface area contributed by atoms with Crippen molar-refractivity contribution >= 4 is 5.69 Å². The third-order valence-corrected chi connectivity index (χ3v) is 5.06. The van der Waals surface area contributed by atoms with Crippen LogP contribution in [0.4, 0.5) is 18.9 Å². The number of pyridine rings is 1. The first-order chi connectivity index (χ1) is 14.4. The molecule has 1 aliphatic heterocycles. The Balaban J connectivity index is 1.49. The average molecular weight is 409 g/mol. The molecule has 0 amide bonds. The summed E-state index contributed by atoms with van der Waals surface area (Å²) < 4.78 is 43.8. The molecule has 30 heavy (non-hydrogen) atoms. The van der Waals surface area contributed by atoms with E-state index in [4.69, 9.17) is 4.74 Å². The van der Waals surface area contributed by atoms with Crippen LogP contribution in [-0.2, 0) is 6.18 Å².